The van der Waals surface area contributed by atoms with Crippen LogP contribution in [0.5, 0.6) is 5.75 Å². The van der Waals surface area contributed by atoms with Crippen LogP contribution in [0.15, 0.2) is 60.3 Å². The average molecular weight is 537 g/mol. The molecule has 208 valence electrons. The van der Waals surface area contributed by atoms with Crippen molar-refractivity contribution in [3.05, 3.63) is 71.7 Å². The molecule has 39 heavy (non-hydrogen) atoms. The third-order valence-corrected chi connectivity index (χ3v) is 7.56. The summed E-state index contributed by atoms with van der Waals surface area (Å²) in [5.74, 6) is 0.317. The molecule has 1 unspecified atom stereocenters. The number of rotatable bonds is 8. The highest BCUT2D eigenvalue weighted by atomic mass is 19.1. The van der Waals surface area contributed by atoms with Gasteiger partial charge >= 0.3 is 0 Å². The van der Waals surface area contributed by atoms with Crippen molar-refractivity contribution in [1.29, 1.82) is 0 Å². The van der Waals surface area contributed by atoms with Crippen molar-refractivity contribution in [1.82, 2.24) is 15.3 Å². The summed E-state index contributed by atoms with van der Waals surface area (Å²) < 4.78 is 19.2. The lowest BCUT2D eigenvalue weighted by Crippen LogP contribution is -2.48. The van der Waals surface area contributed by atoms with Gasteiger partial charge in [0.05, 0.1) is 11.8 Å². The number of amides is 1. The quantitative estimate of drug-likeness (QED) is 0.517. The van der Waals surface area contributed by atoms with Gasteiger partial charge in [-0.3, -0.25) is 24.8 Å². The zero-order chi connectivity index (χ0) is 27.4. The fraction of sp³-hybridized carbons (Fsp3) is 0.467. The van der Waals surface area contributed by atoms with Crippen LogP contribution in [0.25, 0.3) is 0 Å². The zero-order valence-electron chi connectivity index (χ0n) is 22.6. The molecule has 0 bridgehead atoms. The van der Waals surface area contributed by atoms with Crippen LogP contribution in [0.2, 0.25) is 0 Å². The minimum absolute atomic E-state index is 0.0136. The third kappa shape index (κ3) is 6.59. The number of hydroxylamine groups is 1. The van der Waals surface area contributed by atoms with E-state index in [1.165, 1.54) is 24.3 Å². The van der Waals surface area contributed by atoms with Gasteiger partial charge in [-0.1, -0.05) is 12.1 Å². The Morgan fingerprint density at radius 2 is 1.69 bits per heavy atom. The molecule has 0 spiro atoms. The van der Waals surface area contributed by atoms with E-state index in [9.17, 15) is 14.0 Å². The van der Waals surface area contributed by atoms with E-state index in [0.717, 1.165) is 37.6 Å². The number of piperazine rings is 1. The number of nitrogens with one attached hydrogen (secondary N) is 1. The van der Waals surface area contributed by atoms with Crippen LogP contribution in [0, 0.1) is 11.7 Å². The van der Waals surface area contributed by atoms with Crippen molar-refractivity contribution >= 4 is 17.4 Å². The Balaban J connectivity index is 1.08. The first kappa shape index (κ1) is 27.1. The number of piperidine rings is 1. The lowest BCUT2D eigenvalue weighted by molar-refractivity contribution is -0.129. The molecule has 3 aliphatic rings. The molecule has 1 amide bonds. The summed E-state index contributed by atoms with van der Waals surface area (Å²) in [6.45, 7) is 9.35. The summed E-state index contributed by atoms with van der Waals surface area (Å²) in [6, 6.07) is 13.9. The molecule has 1 N–H and O–H groups in total. The predicted octanol–water partition coefficient (Wildman–Crippen LogP) is 3.64. The number of nitrogens with zero attached hydrogens (tertiary/aromatic N) is 3. The number of ether oxygens (including phenoxy) is 1. The van der Waals surface area contributed by atoms with Gasteiger partial charge in [0, 0.05) is 57.3 Å². The first-order valence-corrected chi connectivity index (χ1v) is 13.8. The number of likely N-dealkylation sites (tertiary alicyclic amines) is 1. The van der Waals surface area contributed by atoms with Crippen LogP contribution < -0.4 is 15.1 Å². The molecule has 3 heterocycles. The highest BCUT2D eigenvalue weighted by molar-refractivity contribution is 5.98. The first-order chi connectivity index (χ1) is 18.9. The molecule has 0 saturated carbocycles. The van der Waals surface area contributed by atoms with Crippen molar-refractivity contribution < 1.29 is 23.6 Å². The van der Waals surface area contributed by atoms with Gasteiger partial charge in [-0.2, -0.15) is 0 Å². The molecule has 2 aromatic rings. The molecule has 2 saturated heterocycles. The highest BCUT2D eigenvalue weighted by Crippen LogP contribution is 2.30. The maximum atomic E-state index is 13.2. The molecule has 2 fully saturated rings. The molecule has 2 aromatic carbocycles. The largest absolute Gasteiger partial charge is 0.489 e. The second-order valence-corrected chi connectivity index (χ2v) is 10.7. The third-order valence-electron chi connectivity index (χ3n) is 7.56. The van der Waals surface area contributed by atoms with Crippen LogP contribution in [-0.4, -0.2) is 79.5 Å². The van der Waals surface area contributed by atoms with Crippen molar-refractivity contribution in [3.8, 4) is 5.75 Å². The molecule has 5 rings (SSSR count). The van der Waals surface area contributed by atoms with Gasteiger partial charge < -0.3 is 14.5 Å². The smallest absolute Gasteiger partial charge is 0.271 e. The van der Waals surface area contributed by atoms with Crippen LogP contribution in [0.3, 0.4) is 0 Å². The lowest BCUT2D eigenvalue weighted by atomic mass is 9.89. The summed E-state index contributed by atoms with van der Waals surface area (Å²) >= 11 is 0. The molecular formula is C30H37FN4O4. The summed E-state index contributed by atoms with van der Waals surface area (Å²) in [4.78, 5) is 38.1. The van der Waals surface area contributed by atoms with Gasteiger partial charge in [0.25, 0.3) is 5.91 Å². The molecular weight excluding hydrogens is 499 g/mol. The van der Waals surface area contributed by atoms with Crippen molar-refractivity contribution in [2.75, 3.05) is 50.7 Å². The number of anilines is 1. The second kappa shape index (κ2) is 12.2. The van der Waals surface area contributed by atoms with Crippen LogP contribution in [0.1, 0.15) is 37.0 Å². The van der Waals surface area contributed by atoms with E-state index in [4.69, 9.17) is 9.57 Å². The Labute approximate surface area is 229 Å². The standard InChI is InChI=1S/C30H37FN4O4/c1-21(2)38-28-6-4-3-5-27(28)34-17-15-33(16-18-34)20-25-19-26(32-39-25)30(37)35-13-11-23(12-14-35)29(36)22-7-9-24(31)10-8-22/h3-10,19,21,23,25,32H,11-18,20H2,1-2H3. The molecule has 0 aromatic heterocycles. The van der Waals surface area contributed by atoms with E-state index in [2.05, 4.69) is 21.3 Å². The van der Waals surface area contributed by atoms with Crippen LogP contribution >= 0.6 is 0 Å². The Morgan fingerprint density at radius 1 is 1.00 bits per heavy atom. The normalized spacial score (nSPS) is 20.6. The van der Waals surface area contributed by atoms with Crippen molar-refractivity contribution in [2.24, 2.45) is 5.92 Å². The predicted molar refractivity (Wildman–Crippen MR) is 147 cm³/mol. The van der Waals surface area contributed by atoms with Gasteiger partial charge in [-0.05, 0) is 69.2 Å². The van der Waals surface area contributed by atoms with E-state index < -0.39 is 0 Å². The Kier molecular flexibility index (Phi) is 8.47. The first-order valence-electron chi connectivity index (χ1n) is 13.8. The maximum absolute atomic E-state index is 13.2. The summed E-state index contributed by atoms with van der Waals surface area (Å²) in [6.07, 6.45) is 2.98. The molecule has 8 nitrogen and oxygen atoms in total. The molecule has 9 heteroatoms. The second-order valence-electron chi connectivity index (χ2n) is 10.7. The Hall–Kier alpha value is -3.43. The summed E-state index contributed by atoms with van der Waals surface area (Å²) in [5, 5.41) is 0. The topological polar surface area (TPSA) is 74.4 Å². The number of carbonyl (C=O) groups excluding carboxylic acids is 2. The fourth-order valence-electron chi connectivity index (χ4n) is 5.46. The van der Waals surface area contributed by atoms with Gasteiger partial charge in [0.1, 0.15) is 23.4 Å². The van der Waals surface area contributed by atoms with E-state index in [1.807, 2.05) is 38.1 Å². The van der Waals surface area contributed by atoms with E-state index >= 15 is 0 Å². The monoisotopic (exact) mass is 536 g/mol. The number of hydrogen-bond acceptors (Lipinski definition) is 7. The number of benzene rings is 2. The number of halogens is 1. The fourth-order valence-corrected chi connectivity index (χ4v) is 5.46. The molecule has 0 aliphatic carbocycles. The maximum Gasteiger partial charge on any atom is 0.271 e. The van der Waals surface area contributed by atoms with Gasteiger partial charge in [0.2, 0.25) is 0 Å². The number of ketones is 1. The molecule has 3 aliphatic heterocycles. The van der Waals surface area contributed by atoms with Crippen molar-refractivity contribution in [2.45, 2.75) is 38.9 Å². The average Bonchev–Trinajstić information content (AvgIpc) is 3.42. The van der Waals surface area contributed by atoms with E-state index in [-0.39, 0.29) is 35.6 Å². The SMILES string of the molecule is CC(C)Oc1ccccc1N1CCN(CC2C=C(C(=O)N3CCC(C(=O)c4ccc(F)cc4)CC3)NO2)CC1. The van der Waals surface area contributed by atoms with Crippen molar-refractivity contribution in [3.63, 3.8) is 0 Å². The summed E-state index contributed by atoms with van der Waals surface area (Å²) in [7, 11) is 0. The van der Waals surface area contributed by atoms with Crippen LogP contribution in [0.4, 0.5) is 10.1 Å². The van der Waals surface area contributed by atoms with Gasteiger partial charge in [-0.25, -0.2) is 4.39 Å². The number of carbonyl (C=O) groups is 2. The molecule has 0 radical (unpaired) electrons. The minimum Gasteiger partial charge on any atom is -0.489 e. The minimum atomic E-state index is -0.356. The summed E-state index contributed by atoms with van der Waals surface area (Å²) in [5.41, 5.74) is 4.94. The number of hydrogen-bond donors (Lipinski definition) is 1. The van der Waals surface area contributed by atoms with Gasteiger partial charge in [0.15, 0.2) is 5.78 Å². The Morgan fingerprint density at radius 3 is 2.38 bits per heavy atom. The number of Topliss-reactive ketones (excluding diaryl/α,β-unsaturated/α-hetero) is 1. The molecule has 1 atom stereocenters. The highest BCUT2D eigenvalue weighted by Gasteiger charge is 2.32. The van der Waals surface area contributed by atoms with E-state index in [1.54, 1.807) is 4.90 Å². The number of para-hydroxylation sites is 2. The lowest BCUT2D eigenvalue weighted by Gasteiger charge is -2.37. The Bertz CT molecular complexity index is 1190. The van der Waals surface area contributed by atoms with E-state index in [0.29, 0.717) is 43.7 Å². The zero-order valence-corrected chi connectivity index (χ0v) is 22.6. The van der Waals surface area contributed by atoms with Crippen LogP contribution in [-0.2, 0) is 9.63 Å². The van der Waals surface area contributed by atoms with Gasteiger partial charge in [-0.15, -0.1) is 0 Å².